The normalized spacial score (nSPS) is 34.5. The number of ether oxygens (including phenoxy) is 1. The highest BCUT2D eigenvalue weighted by Crippen LogP contribution is 2.35. The van der Waals surface area contributed by atoms with Gasteiger partial charge in [0.05, 0.1) is 18.3 Å². The third-order valence-corrected chi connectivity index (χ3v) is 2.90. The second kappa shape index (κ2) is 2.69. The van der Waals surface area contributed by atoms with E-state index in [0.29, 0.717) is 12.6 Å². The molecule has 1 unspecified atom stereocenters. The van der Waals surface area contributed by atoms with Gasteiger partial charge in [-0.05, 0) is 13.8 Å². The van der Waals surface area contributed by atoms with E-state index in [1.165, 1.54) is 0 Å². The van der Waals surface area contributed by atoms with Crippen LogP contribution in [0.15, 0.2) is 0 Å². The maximum atomic E-state index is 9.31. The molecule has 1 spiro atoms. The molecule has 2 aliphatic rings. The molecule has 2 heterocycles. The molecule has 1 atom stereocenters. The minimum atomic E-state index is -0.223. The number of rotatable bonds is 1. The Kier molecular flexibility index (Phi) is 1.90. The Labute approximate surface area is 73.3 Å². The van der Waals surface area contributed by atoms with Crippen molar-refractivity contribution >= 4 is 0 Å². The molecule has 0 aromatic carbocycles. The number of aliphatic hydroxyl groups is 1. The van der Waals surface area contributed by atoms with E-state index in [9.17, 15) is 5.11 Å². The monoisotopic (exact) mass is 171 g/mol. The molecule has 2 saturated heterocycles. The number of likely N-dealkylation sites (tertiary alicyclic amines) is 1. The summed E-state index contributed by atoms with van der Waals surface area (Å²) in [6, 6.07) is 0.608. The highest BCUT2D eigenvalue weighted by molar-refractivity contribution is 5.02. The van der Waals surface area contributed by atoms with Crippen molar-refractivity contribution in [1.29, 1.82) is 0 Å². The lowest BCUT2D eigenvalue weighted by atomic mass is 9.89. The second-order valence-corrected chi connectivity index (χ2v) is 4.35. The fraction of sp³-hybridized carbons (Fsp3) is 1.00. The second-order valence-electron chi connectivity index (χ2n) is 4.35. The van der Waals surface area contributed by atoms with Crippen LogP contribution in [0.4, 0.5) is 0 Å². The van der Waals surface area contributed by atoms with E-state index in [0.717, 1.165) is 19.5 Å². The van der Waals surface area contributed by atoms with Crippen molar-refractivity contribution in [2.75, 3.05) is 19.7 Å². The summed E-state index contributed by atoms with van der Waals surface area (Å²) in [5, 5.41) is 9.31. The first kappa shape index (κ1) is 8.48. The molecule has 1 N–H and O–H groups in total. The molecule has 2 rings (SSSR count). The van der Waals surface area contributed by atoms with E-state index in [-0.39, 0.29) is 11.7 Å². The van der Waals surface area contributed by atoms with Crippen LogP contribution in [0.3, 0.4) is 0 Å². The van der Waals surface area contributed by atoms with Gasteiger partial charge in [0.25, 0.3) is 0 Å². The van der Waals surface area contributed by atoms with Gasteiger partial charge in [0.15, 0.2) is 0 Å². The number of nitrogens with zero attached hydrogens (tertiary/aromatic N) is 1. The van der Waals surface area contributed by atoms with Gasteiger partial charge in [-0.25, -0.2) is 0 Å². The molecular formula is C9H17NO2. The van der Waals surface area contributed by atoms with E-state index >= 15 is 0 Å². The van der Waals surface area contributed by atoms with Crippen molar-refractivity contribution in [1.82, 2.24) is 4.90 Å². The number of hydrogen-bond donors (Lipinski definition) is 1. The lowest BCUT2D eigenvalue weighted by Gasteiger charge is -2.49. The van der Waals surface area contributed by atoms with Crippen LogP contribution in [0.1, 0.15) is 20.3 Å². The summed E-state index contributed by atoms with van der Waals surface area (Å²) in [7, 11) is 0. The Balaban J connectivity index is 1.87. The maximum absolute atomic E-state index is 9.31. The Hall–Kier alpha value is -0.120. The molecule has 0 amide bonds. The molecule has 0 radical (unpaired) electrons. The van der Waals surface area contributed by atoms with Gasteiger partial charge in [0.1, 0.15) is 0 Å². The predicted molar refractivity (Wildman–Crippen MR) is 46.0 cm³/mol. The summed E-state index contributed by atoms with van der Waals surface area (Å²) in [6.45, 7) is 6.92. The van der Waals surface area contributed by atoms with Crippen molar-refractivity contribution in [2.45, 2.75) is 38.0 Å². The molecule has 70 valence electrons. The van der Waals surface area contributed by atoms with Gasteiger partial charge in [-0.15, -0.1) is 0 Å². The van der Waals surface area contributed by atoms with E-state index in [1.807, 2.05) is 0 Å². The van der Waals surface area contributed by atoms with Crippen molar-refractivity contribution in [3.05, 3.63) is 0 Å². The van der Waals surface area contributed by atoms with E-state index in [2.05, 4.69) is 18.7 Å². The van der Waals surface area contributed by atoms with Crippen LogP contribution in [-0.2, 0) is 4.74 Å². The number of hydrogen-bond acceptors (Lipinski definition) is 3. The molecule has 2 aliphatic heterocycles. The van der Waals surface area contributed by atoms with Crippen LogP contribution < -0.4 is 0 Å². The third kappa shape index (κ3) is 1.26. The standard InChI is InChI=1S/C9H17NO2/c1-7(2)10-5-9(6-10)3-8(11)4-12-9/h7-8,11H,3-6H2,1-2H3. The molecule has 12 heavy (non-hydrogen) atoms. The predicted octanol–water partition coefficient (Wildman–Crippen LogP) is 0.230. The van der Waals surface area contributed by atoms with Gasteiger partial charge in [0, 0.05) is 25.6 Å². The van der Waals surface area contributed by atoms with Crippen LogP contribution in [-0.4, -0.2) is 47.4 Å². The Morgan fingerprint density at radius 2 is 2.17 bits per heavy atom. The topological polar surface area (TPSA) is 32.7 Å². The smallest absolute Gasteiger partial charge is 0.0961 e. The first-order valence-corrected chi connectivity index (χ1v) is 4.67. The highest BCUT2D eigenvalue weighted by atomic mass is 16.5. The first-order chi connectivity index (χ1) is 5.61. The third-order valence-electron chi connectivity index (χ3n) is 2.90. The first-order valence-electron chi connectivity index (χ1n) is 4.67. The van der Waals surface area contributed by atoms with Crippen molar-refractivity contribution in [3.63, 3.8) is 0 Å². The summed E-state index contributed by atoms with van der Waals surface area (Å²) in [4.78, 5) is 2.37. The highest BCUT2D eigenvalue weighted by Gasteiger charge is 2.49. The van der Waals surface area contributed by atoms with E-state index in [1.54, 1.807) is 0 Å². The molecule has 0 aromatic rings. The zero-order valence-electron chi connectivity index (χ0n) is 7.79. The van der Waals surface area contributed by atoms with Crippen LogP contribution in [0, 0.1) is 0 Å². The SMILES string of the molecule is CC(C)N1CC2(CC(O)CO2)C1. The lowest BCUT2D eigenvalue weighted by molar-refractivity contribution is -0.121. The van der Waals surface area contributed by atoms with E-state index < -0.39 is 0 Å². The van der Waals surface area contributed by atoms with Crippen molar-refractivity contribution < 1.29 is 9.84 Å². The van der Waals surface area contributed by atoms with Gasteiger partial charge < -0.3 is 9.84 Å². The molecule has 2 fully saturated rings. The largest absolute Gasteiger partial charge is 0.391 e. The zero-order chi connectivity index (χ0) is 8.77. The quantitative estimate of drug-likeness (QED) is 0.613. The molecule has 0 bridgehead atoms. The van der Waals surface area contributed by atoms with Gasteiger partial charge in [-0.2, -0.15) is 0 Å². The fourth-order valence-corrected chi connectivity index (χ4v) is 2.10. The van der Waals surface area contributed by atoms with Crippen LogP contribution in [0.25, 0.3) is 0 Å². The summed E-state index contributed by atoms with van der Waals surface area (Å²) in [5.41, 5.74) is 0.0175. The fourth-order valence-electron chi connectivity index (χ4n) is 2.10. The summed E-state index contributed by atoms with van der Waals surface area (Å²) < 4.78 is 5.58. The molecule has 0 aliphatic carbocycles. The number of aliphatic hydroxyl groups excluding tert-OH is 1. The average Bonchev–Trinajstić information content (AvgIpc) is 2.27. The van der Waals surface area contributed by atoms with Crippen LogP contribution in [0.5, 0.6) is 0 Å². The molecule has 0 aromatic heterocycles. The molecule has 3 heteroatoms. The van der Waals surface area contributed by atoms with Gasteiger partial charge in [-0.1, -0.05) is 0 Å². The Bertz CT molecular complexity index is 175. The maximum Gasteiger partial charge on any atom is 0.0961 e. The van der Waals surface area contributed by atoms with Gasteiger partial charge in [0.2, 0.25) is 0 Å². The summed E-state index contributed by atoms with van der Waals surface area (Å²) >= 11 is 0. The van der Waals surface area contributed by atoms with Crippen LogP contribution >= 0.6 is 0 Å². The van der Waals surface area contributed by atoms with E-state index in [4.69, 9.17) is 4.74 Å². The zero-order valence-corrected chi connectivity index (χ0v) is 7.79. The summed E-state index contributed by atoms with van der Waals surface area (Å²) in [5.74, 6) is 0. The Morgan fingerprint density at radius 1 is 1.50 bits per heavy atom. The molecule has 3 nitrogen and oxygen atoms in total. The molecule has 0 saturated carbocycles. The van der Waals surface area contributed by atoms with Crippen molar-refractivity contribution in [2.24, 2.45) is 0 Å². The Morgan fingerprint density at radius 3 is 2.58 bits per heavy atom. The van der Waals surface area contributed by atoms with Crippen molar-refractivity contribution in [3.8, 4) is 0 Å². The molecular weight excluding hydrogens is 154 g/mol. The van der Waals surface area contributed by atoms with Gasteiger partial charge in [-0.3, -0.25) is 4.90 Å². The minimum absolute atomic E-state index is 0.0175. The minimum Gasteiger partial charge on any atom is -0.391 e. The van der Waals surface area contributed by atoms with Crippen LogP contribution in [0.2, 0.25) is 0 Å². The van der Waals surface area contributed by atoms with Gasteiger partial charge >= 0.3 is 0 Å². The average molecular weight is 171 g/mol. The summed E-state index contributed by atoms with van der Waals surface area (Å²) in [6.07, 6.45) is 0.607. The lowest BCUT2D eigenvalue weighted by Crippen LogP contribution is -2.63.